The molecule has 2 aromatic carbocycles. The van der Waals surface area contributed by atoms with Crippen LogP contribution in [0.2, 0.25) is 0 Å². The lowest BCUT2D eigenvalue weighted by Crippen LogP contribution is -2.12. The number of fused-ring (bicyclic) bond motifs is 2. The third kappa shape index (κ3) is 2.76. The summed E-state index contributed by atoms with van der Waals surface area (Å²) >= 11 is 3.39. The van der Waals surface area contributed by atoms with Crippen molar-refractivity contribution in [1.82, 2.24) is 0 Å². The first-order valence-corrected chi connectivity index (χ1v) is 8.86. The zero-order chi connectivity index (χ0) is 17.4. The van der Waals surface area contributed by atoms with Crippen LogP contribution in [0.1, 0.15) is 6.92 Å². The van der Waals surface area contributed by atoms with Gasteiger partial charge in [-0.2, -0.15) is 0 Å². The number of methoxy groups -OCH3 is 2. The van der Waals surface area contributed by atoms with Gasteiger partial charge in [-0.25, -0.2) is 4.21 Å². The Bertz CT molecular complexity index is 868. The molecule has 0 bridgehead atoms. The van der Waals surface area contributed by atoms with Gasteiger partial charge in [-0.1, -0.05) is 0 Å². The molecule has 0 radical (unpaired) electrons. The number of benzene rings is 2. The lowest BCUT2D eigenvalue weighted by molar-refractivity contribution is -0.132. The summed E-state index contributed by atoms with van der Waals surface area (Å²) in [6.45, 7) is 1.29. The molecule has 0 saturated carbocycles. The van der Waals surface area contributed by atoms with Gasteiger partial charge in [0.1, 0.15) is 5.75 Å². The molecule has 1 aliphatic rings. The topological polar surface area (TPSA) is 73.9 Å². The molecule has 0 amide bonds. The Labute approximate surface area is 149 Å². The zero-order valence-electron chi connectivity index (χ0n) is 13.1. The van der Waals surface area contributed by atoms with Gasteiger partial charge >= 0.3 is 5.97 Å². The van der Waals surface area contributed by atoms with Crippen molar-refractivity contribution in [2.75, 3.05) is 19.5 Å². The first-order chi connectivity index (χ1) is 11.5. The van der Waals surface area contributed by atoms with Gasteiger partial charge in [0.05, 0.1) is 50.7 Å². The Hall–Kier alpha value is -2.06. The Balaban J connectivity index is 2.19. The van der Waals surface area contributed by atoms with Crippen LogP contribution < -0.4 is 19.5 Å². The zero-order valence-corrected chi connectivity index (χ0v) is 15.5. The summed E-state index contributed by atoms with van der Waals surface area (Å²) < 4.78 is 29.1. The predicted octanol–water partition coefficient (Wildman–Crippen LogP) is 3.62. The van der Waals surface area contributed by atoms with Gasteiger partial charge in [-0.3, -0.25) is 4.79 Å². The number of carbonyl (C=O) groups is 1. The van der Waals surface area contributed by atoms with Crippen LogP contribution >= 0.6 is 15.9 Å². The normalized spacial score (nSPS) is 14.9. The molecule has 1 heterocycles. The van der Waals surface area contributed by atoms with E-state index in [1.165, 1.54) is 14.0 Å². The average Bonchev–Trinajstić information content (AvgIpc) is 2.56. The largest absolute Gasteiger partial charge is 0.497 e. The summed E-state index contributed by atoms with van der Waals surface area (Å²) in [5, 5.41) is 3.22. The minimum Gasteiger partial charge on any atom is -0.497 e. The standard InChI is InChI=1S/C16H14BrNO5S/c1-8(19)23-15-12(22-3)7-11-16(14(15)17)24(20)13-6-9(21-2)4-5-10(13)18-11/h4-7,18H,1-3H3. The second-order valence-electron chi connectivity index (χ2n) is 4.95. The van der Waals surface area contributed by atoms with Crippen LogP contribution in [0.5, 0.6) is 17.2 Å². The molecule has 0 aromatic heterocycles. The molecule has 0 saturated heterocycles. The molecule has 1 aliphatic heterocycles. The van der Waals surface area contributed by atoms with Crippen molar-refractivity contribution >= 4 is 44.1 Å². The van der Waals surface area contributed by atoms with E-state index in [2.05, 4.69) is 21.2 Å². The molecule has 0 aliphatic carbocycles. The Morgan fingerprint density at radius 2 is 1.92 bits per heavy atom. The van der Waals surface area contributed by atoms with E-state index in [0.29, 0.717) is 31.5 Å². The van der Waals surface area contributed by atoms with Crippen LogP contribution in [0, 0.1) is 0 Å². The monoisotopic (exact) mass is 411 g/mol. The van der Waals surface area contributed by atoms with Gasteiger partial charge in [-0.15, -0.1) is 0 Å². The van der Waals surface area contributed by atoms with Gasteiger partial charge in [0.2, 0.25) is 0 Å². The summed E-state index contributed by atoms with van der Waals surface area (Å²) in [4.78, 5) is 12.4. The number of hydrogen-bond donors (Lipinski definition) is 1. The highest BCUT2D eigenvalue weighted by molar-refractivity contribution is 9.10. The minimum absolute atomic E-state index is 0.199. The van der Waals surface area contributed by atoms with Crippen LogP contribution in [0.15, 0.2) is 38.5 Å². The van der Waals surface area contributed by atoms with E-state index in [4.69, 9.17) is 14.2 Å². The molecule has 1 atom stereocenters. The Kier molecular flexibility index (Phi) is 4.51. The van der Waals surface area contributed by atoms with Crippen LogP contribution in [0.3, 0.4) is 0 Å². The fourth-order valence-corrected chi connectivity index (χ4v) is 4.66. The van der Waals surface area contributed by atoms with Crippen LogP contribution in [-0.4, -0.2) is 24.4 Å². The van der Waals surface area contributed by atoms with Gasteiger partial charge < -0.3 is 19.5 Å². The van der Waals surface area contributed by atoms with E-state index in [1.54, 1.807) is 31.4 Å². The van der Waals surface area contributed by atoms with Gasteiger partial charge in [-0.05, 0) is 34.1 Å². The van der Waals surface area contributed by atoms with Crippen molar-refractivity contribution < 1.29 is 23.2 Å². The number of anilines is 2. The molecular weight excluding hydrogens is 398 g/mol. The number of rotatable bonds is 3. The quantitative estimate of drug-likeness (QED) is 0.524. The molecule has 2 aromatic rings. The van der Waals surface area contributed by atoms with Crippen molar-refractivity contribution in [1.29, 1.82) is 0 Å². The summed E-state index contributed by atoms with van der Waals surface area (Å²) in [5.74, 6) is 0.672. The number of nitrogens with one attached hydrogen (secondary N) is 1. The first-order valence-electron chi connectivity index (χ1n) is 6.92. The average molecular weight is 412 g/mol. The van der Waals surface area contributed by atoms with Crippen LogP contribution in [0.4, 0.5) is 11.4 Å². The smallest absolute Gasteiger partial charge is 0.308 e. The molecular formula is C16H14BrNO5S. The molecule has 1 unspecified atom stereocenters. The second-order valence-corrected chi connectivity index (χ2v) is 7.13. The first kappa shape index (κ1) is 16.8. The Morgan fingerprint density at radius 3 is 2.54 bits per heavy atom. The highest BCUT2D eigenvalue weighted by atomic mass is 79.9. The maximum absolute atomic E-state index is 13.0. The fraction of sp³-hybridized carbons (Fsp3) is 0.188. The highest BCUT2D eigenvalue weighted by Crippen LogP contribution is 2.49. The van der Waals surface area contributed by atoms with Gasteiger partial charge in [0.25, 0.3) is 0 Å². The number of hydrogen-bond acceptors (Lipinski definition) is 6. The summed E-state index contributed by atoms with van der Waals surface area (Å²) in [6, 6.07) is 6.95. The molecule has 3 rings (SSSR count). The molecule has 6 nitrogen and oxygen atoms in total. The number of esters is 1. The van der Waals surface area contributed by atoms with Crippen LogP contribution in [0.25, 0.3) is 0 Å². The van der Waals surface area contributed by atoms with E-state index >= 15 is 0 Å². The molecule has 8 heteroatoms. The lowest BCUT2D eigenvalue weighted by Gasteiger charge is -2.24. The van der Waals surface area contributed by atoms with Crippen molar-refractivity contribution in [2.24, 2.45) is 0 Å². The second kappa shape index (κ2) is 6.45. The summed E-state index contributed by atoms with van der Waals surface area (Å²) in [6.07, 6.45) is 0. The summed E-state index contributed by atoms with van der Waals surface area (Å²) in [5.41, 5.74) is 1.33. The van der Waals surface area contributed by atoms with Crippen molar-refractivity contribution in [3.63, 3.8) is 0 Å². The number of halogens is 1. The number of ether oxygens (including phenoxy) is 3. The van der Waals surface area contributed by atoms with E-state index in [9.17, 15) is 9.00 Å². The minimum atomic E-state index is -1.49. The van der Waals surface area contributed by atoms with E-state index in [1.807, 2.05) is 0 Å². The highest BCUT2D eigenvalue weighted by Gasteiger charge is 2.29. The SMILES string of the molecule is COc1ccc2c(c1)S(=O)c1c(cc(OC)c(OC(C)=O)c1Br)N2. The maximum Gasteiger partial charge on any atom is 0.308 e. The molecule has 0 fully saturated rings. The van der Waals surface area contributed by atoms with Crippen LogP contribution in [-0.2, 0) is 15.6 Å². The van der Waals surface area contributed by atoms with Crippen molar-refractivity contribution in [3.8, 4) is 17.2 Å². The molecule has 126 valence electrons. The van der Waals surface area contributed by atoms with Crippen molar-refractivity contribution in [3.05, 3.63) is 28.7 Å². The third-order valence-electron chi connectivity index (χ3n) is 3.45. The van der Waals surface area contributed by atoms with Crippen molar-refractivity contribution in [2.45, 2.75) is 16.7 Å². The molecule has 0 spiro atoms. The Morgan fingerprint density at radius 1 is 1.17 bits per heavy atom. The molecule has 1 N–H and O–H groups in total. The summed E-state index contributed by atoms with van der Waals surface area (Å²) in [7, 11) is 1.54. The predicted molar refractivity (Wildman–Crippen MR) is 93.0 cm³/mol. The third-order valence-corrected chi connectivity index (χ3v) is 6.00. The van der Waals surface area contributed by atoms with Gasteiger partial charge in [0.15, 0.2) is 11.5 Å². The fourth-order valence-electron chi connectivity index (χ4n) is 2.40. The lowest BCUT2D eigenvalue weighted by atomic mass is 10.2. The van der Waals surface area contributed by atoms with E-state index < -0.39 is 16.8 Å². The maximum atomic E-state index is 13.0. The molecule has 24 heavy (non-hydrogen) atoms. The van der Waals surface area contributed by atoms with E-state index in [0.717, 1.165) is 5.69 Å². The van der Waals surface area contributed by atoms with Gasteiger partial charge in [0, 0.05) is 13.0 Å². The number of carbonyl (C=O) groups excluding carboxylic acids is 1. The van der Waals surface area contributed by atoms with E-state index in [-0.39, 0.29) is 5.75 Å².